The molecule has 0 fully saturated rings. The normalized spacial score (nSPS) is 12.5. The quantitative estimate of drug-likeness (QED) is 0.328. The topological polar surface area (TPSA) is 56.8 Å². The Balaban J connectivity index is 1.22. The molecule has 4 aromatic carbocycles. The highest BCUT2D eigenvalue weighted by molar-refractivity contribution is 5.81. The third kappa shape index (κ3) is 3.29. The third-order valence-corrected chi connectivity index (χ3v) is 6.63. The Morgan fingerprint density at radius 1 is 0.636 bits per heavy atom. The maximum Gasteiger partial charge on any atom is 0.119 e. The van der Waals surface area contributed by atoms with Gasteiger partial charge < -0.3 is 25.3 Å². The van der Waals surface area contributed by atoms with Gasteiger partial charge in [0.1, 0.15) is 11.5 Å². The first-order valence-electron chi connectivity index (χ1n) is 11.0. The van der Waals surface area contributed by atoms with Crippen LogP contribution in [0, 0.1) is 5.21 Å². The van der Waals surface area contributed by atoms with Crippen LogP contribution in [0.4, 0.5) is 11.4 Å². The van der Waals surface area contributed by atoms with Gasteiger partial charge >= 0.3 is 0 Å². The number of ether oxygens (including phenoxy) is 2. The molecule has 33 heavy (non-hydrogen) atoms. The molecule has 0 saturated carbocycles. The number of nitrogens with one attached hydrogen (secondary N) is 1. The van der Waals surface area contributed by atoms with E-state index in [4.69, 9.17) is 9.47 Å². The minimum Gasteiger partial charge on any atom is -0.739 e. The van der Waals surface area contributed by atoms with Crippen molar-refractivity contribution in [2.75, 3.05) is 24.8 Å². The number of anilines is 2. The van der Waals surface area contributed by atoms with Crippen molar-refractivity contribution in [1.82, 2.24) is 0 Å². The average molecular weight is 436 g/mol. The first-order chi connectivity index (χ1) is 16.1. The molecule has 6 rings (SSSR count). The summed E-state index contributed by atoms with van der Waals surface area (Å²) in [7, 11) is 3.36. The molecule has 0 radical (unpaired) electrons. The number of fused-ring (bicyclic) bond motifs is 6. The van der Waals surface area contributed by atoms with E-state index in [0.717, 1.165) is 40.8 Å². The van der Waals surface area contributed by atoms with Crippen molar-refractivity contribution in [1.29, 1.82) is 0 Å². The summed E-state index contributed by atoms with van der Waals surface area (Å²) >= 11 is 0. The van der Waals surface area contributed by atoms with Gasteiger partial charge in [-0.2, -0.15) is 0 Å². The predicted molar refractivity (Wildman–Crippen MR) is 132 cm³/mol. The molecule has 0 saturated heterocycles. The van der Waals surface area contributed by atoms with E-state index in [9.17, 15) is 5.21 Å². The molecule has 0 aliphatic heterocycles. The zero-order valence-electron chi connectivity index (χ0n) is 18.5. The smallest absolute Gasteiger partial charge is 0.119 e. The van der Waals surface area contributed by atoms with Gasteiger partial charge in [-0.25, -0.2) is 0 Å². The molecular weight excluding hydrogens is 412 g/mol. The van der Waals surface area contributed by atoms with Crippen LogP contribution < -0.4 is 20.1 Å². The molecule has 2 aliphatic carbocycles. The summed E-state index contributed by atoms with van der Waals surface area (Å²) in [5.41, 5.74) is 14.0. The second-order valence-electron chi connectivity index (χ2n) is 8.52. The molecule has 0 bridgehead atoms. The summed E-state index contributed by atoms with van der Waals surface area (Å²) < 4.78 is 10.7. The minimum atomic E-state index is 0.585. The van der Waals surface area contributed by atoms with Gasteiger partial charge in [0.2, 0.25) is 0 Å². The zero-order valence-corrected chi connectivity index (χ0v) is 18.5. The second-order valence-corrected chi connectivity index (χ2v) is 8.52. The van der Waals surface area contributed by atoms with Crippen molar-refractivity contribution in [2.45, 2.75) is 12.8 Å². The van der Waals surface area contributed by atoms with Gasteiger partial charge in [-0.15, -0.1) is 0 Å². The van der Waals surface area contributed by atoms with E-state index < -0.39 is 0 Å². The summed E-state index contributed by atoms with van der Waals surface area (Å²) in [6.07, 6.45) is 1.63. The second kappa shape index (κ2) is 7.57. The Morgan fingerprint density at radius 3 is 1.70 bits per heavy atom. The van der Waals surface area contributed by atoms with Crippen LogP contribution in [0.25, 0.3) is 22.3 Å². The van der Waals surface area contributed by atoms with Crippen molar-refractivity contribution < 1.29 is 9.47 Å². The highest BCUT2D eigenvalue weighted by Gasteiger charge is 2.21. The van der Waals surface area contributed by atoms with Crippen molar-refractivity contribution >= 4 is 11.4 Å². The summed E-state index contributed by atoms with van der Waals surface area (Å²) in [5, 5.41) is 13.8. The van der Waals surface area contributed by atoms with E-state index in [-0.39, 0.29) is 0 Å². The Bertz CT molecular complexity index is 1400. The Morgan fingerprint density at radius 2 is 1.12 bits per heavy atom. The van der Waals surface area contributed by atoms with E-state index in [1.54, 1.807) is 14.2 Å². The van der Waals surface area contributed by atoms with E-state index in [0.29, 0.717) is 5.69 Å². The fourth-order valence-electron chi connectivity index (χ4n) is 4.99. The molecule has 5 nitrogen and oxygen atoms in total. The van der Waals surface area contributed by atoms with Crippen molar-refractivity contribution in [2.24, 2.45) is 0 Å². The zero-order chi connectivity index (χ0) is 22.5. The van der Waals surface area contributed by atoms with Crippen LogP contribution in [0.3, 0.4) is 0 Å². The third-order valence-electron chi connectivity index (χ3n) is 6.63. The van der Waals surface area contributed by atoms with Crippen LogP contribution in [0.15, 0.2) is 72.8 Å². The Labute approximate surface area is 192 Å². The molecule has 0 amide bonds. The largest absolute Gasteiger partial charge is 0.739 e. The number of benzene rings is 4. The average Bonchev–Trinajstić information content (AvgIpc) is 3.39. The lowest BCUT2D eigenvalue weighted by molar-refractivity contribution is 0.414. The van der Waals surface area contributed by atoms with Crippen LogP contribution in [-0.2, 0) is 12.8 Å². The Kier molecular flexibility index (Phi) is 4.52. The molecular formula is C28H23N2O3-. The maximum atomic E-state index is 13.0. The maximum absolute atomic E-state index is 13.0. The van der Waals surface area contributed by atoms with Crippen LogP contribution in [-0.4, -0.2) is 14.2 Å². The first-order valence-corrected chi connectivity index (χ1v) is 11.0. The standard InChI is InChI=1S/C28H23N2O3/c1-32-23-5-9-27-19(15-23)11-17-13-21(3-7-25(17)27)29-30(31)22-4-8-26-18(14-22)12-20-16-24(33-2)6-10-28(20)26/h3-10,13-16,29H,11-12H2,1-2H3/q-1. The molecule has 1 N–H and O–H groups in total. The number of hydrazine groups is 1. The predicted octanol–water partition coefficient (Wildman–Crippen LogP) is 6.18. The van der Waals surface area contributed by atoms with Gasteiger partial charge in [0.15, 0.2) is 0 Å². The molecule has 0 atom stereocenters. The number of hydrogen-bond acceptors (Lipinski definition) is 5. The fraction of sp³-hybridized carbons (Fsp3) is 0.143. The fourth-order valence-corrected chi connectivity index (χ4v) is 4.99. The number of hydrogen-bond donors (Lipinski definition) is 1. The molecule has 0 aromatic heterocycles. The van der Waals surface area contributed by atoms with Crippen LogP contribution in [0.5, 0.6) is 11.5 Å². The lowest BCUT2D eigenvalue weighted by Crippen LogP contribution is -2.22. The summed E-state index contributed by atoms with van der Waals surface area (Å²) in [6.45, 7) is 0. The van der Waals surface area contributed by atoms with Gasteiger partial charge in [0.25, 0.3) is 0 Å². The van der Waals surface area contributed by atoms with Crippen molar-refractivity contribution in [3.8, 4) is 33.8 Å². The van der Waals surface area contributed by atoms with Gasteiger partial charge in [-0.05, 0) is 106 Å². The van der Waals surface area contributed by atoms with Gasteiger partial charge in [0.05, 0.1) is 19.9 Å². The SMILES string of the molecule is COc1ccc2c(c1)Cc1cc(NN([O-])c3ccc4c(c3)Cc3cc(OC)ccc3-4)ccc1-2. The van der Waals surface area contributed by atoms with Crippen molar-refractivity contribution in [3.63, 3.8) is 0 Å². The molecule has 0 spiro atoms. The highest BCUT2D eigenvalue weighted by atomic mass is 16.5. The lowest BCUT2D eigenvalue weighted by Gasteiger charge is -2.32. The van der Waals surface area contributed by atoms with Crippen LogP contribution in [0.1, 0.15) is 22.3 Å². The Hall–Kier alpha value is -3.96. The summed E-state index contributed by atoms with van der Waals surface area (Å²) in [4.78, 5) is 0. The van der Waals surface area contributed by atoms with E-state index in [1.807, 2.05) is 36.4 Å². The monoisotopic (exact) mass is 435 g/mol. The molecule has 164 valence electrons. The summed E-state index contributed by atoms with van der Waals surface area (Å²) in [6, 6.07) is 24.3. The van der Waals surface area contributed by atoms with E-state index in [2.05, 4.69) is 41.8 Å². The van der Waals surface area contributed by atoms with E-state index >= 15 is 0 Å². The van der Waals surface area contributed by atoms with Crippen molar-refractivity contribution in [3.05, 3.63) is 100 Å². The molecule has 0 unspecified atom stereocenters. The minimum absolute atomic E-state index is 0.585. The summed E-state index contributed by atoms with van der Waals surface area (Å²) in [5.74, 6) is 1.72. The highest BCUT2D eigenvalue weighted by Crippen LogP contribution is 2.41. The van der Waals surface area contributed by atoms with Gasteiger partial charge in [0, 0.05) is 5.69 Å². The van der Waals surface area contributed by atoms with Gasteiger partial charge in [-0.3, -0.25) is 0 Å². The van der Waals surface area contributed by atoms with Crippen LogP contribution >= 0.6 is 0 Å². The molecule has 4 aromatic rings. The van der Waals surface area contributed by atoms with E-state index in [1.165, 1.54) is 38.9 Å². The van der Waals surface area contributed by atoms with Gasteiger partial charge in [-0.1, -0.05) is 24.3 Å². The number of methoxy groups -OCH3 is 2. The van der Waals surface area contributed by atoms with Crippen LogP contribution in [0.2, 0.25) is 0 Å². The first kappa shape index (κ1) is 19.7. The number of nitrogens with zero attached hydrogens (tertiary/aromatic N) is 1. The lowest BCUT2D eigenvalue weighted by atomic mass is 10.1. The number of rotatable bonds is 5. The molecule has 0 heterocycles. The molecule has 2 aliphatic rings. The molecule has 5 heteroatoms.